The molecule has 0 spiro atoms. The molecule has 0 saturated carbocycles. The van der Waals surface area contributed by atoms with Crippen molar-refractivity contribution in [3.05, 3.63) is 212 Å². The van der Waals surface area contributed by atoms with Gasteiger partial charge in [-0.25, -0.2) is 0 Å². The van der Waals surface area contributed by atoms with E-state index >= 15 is 0 Å². The van der Waals surface area contributed by atoms with Crippen molar-refractivity contribution in [1.29, 1.82) is 0 Å². The predicted molar refractivity (Wildman–Crippen MR) is 247 cm³/mol. The molecule has 0 amide bonds. The summed E-state index contributed by atoms with van der Waals surface area (Å²) in [5.74, 6) is 0. The van der Waals surface area contributed by atoms with Crippen molar-refractivity contribution >= 4 is 82.5 Å². The molecular formula is C56H35NO2. The van der Waals surface area contributed by atoms with Crippen LogP contribution in [0.15, 0.2) is 221 Å². The minimum Gasteiger partial charge on any atom is -0.456 e. The van der Waals surface area contributed by atoms with Gasteiger partial charge in [0.15, 0.2) is 5.58 Å². The van der Waals surface area contributed by atoms with E-state index in [1.807, 2.05) is 18.2 Å². The van der Waals surface area contributed by atoms with E-state index in [4.69, 9.17) is 8.83 Å². The molecule has 0 fully saturated rings. The van der Waals surface area contributed by atoms with Gasteiger partial charge in [-0.2, -0.15) is 0 Å². The zero-order chi connectivity index (χ0) is 38.9. The first-order chi connectivity index (χ1) is 29.2. The van der Waals surface area contributed by atoms with Gasteiger partial charge in [0.1, 0.15) is 16.7 Å². The fourth-order valence-corrected chi connectivity index (χ4v) is 8.95. The quantitative estimate of drug-likeness (QED) is 0.158. The summed E-state index contributed by atoms with van der Waals surface area (Å²) in [6.07, 6.45) is 0. The molecular weight excluding hydrogens is 719 g/mol. The number of hydrogen-bond acceptors (Lipinski definition) is 3. The Kier molecular flexibility index (Phi) is 7.54. The Morgan fingerprint density at radius 2 is 0.847 bits per heavy atom. The van der Waals surface area contributed by atoms with Crippen molar-refractivity contribution in [2.45, 2.75) is 0 Å². The summed E-state index contributed by atoms with van der Waals surface area (Å²) in [4.78, 5) is 2.32. The molecule has 3 nitrogen and oxygen atoms in total. The second kappa shape index (κ2) is 13.4. The third-order valence-corrected chi connectivity index (χ3v) is 11.9. The summed E-state index contributed by atoms with van der Waals surface area (Å²) in [6.45, 7) is 0. The molecule has 0 aliphatic rings. The Bertz CT molecular complexity index is 3540. The molecule has 0 aliphatic carbocycles. The van der Waals surface area contributed by atoms with Crippen molar-refractivity contribution in [3.63, 3.8) is 0 Å². The fraction of sp³-hybridized carbons (Fsp3) is 0. The summed E-state index contributed by atoms with van der Waals surface area (Å²) < 4.78 is 13.2. The molecule has 276 valence electrons. The van der Waals surface area contributed by atoms with Crippen molar-refractivity contribution in [1.82, 2.24) is 0 Å². The number of para-hydroxylation sites is 3. The normalized spacial score (nSPS) is 11.7. The Morgan fingerprint density at radius 3 is 1.63 bits per heavy atom. The minimum absolute atomic E-state index is 0.843. The molecule has 0 atom stereocenters. The van der Waals surface area contributed by atoms with E-state index in [1.165, 1.54) is 27.1 Å². The van der Waals surface area contributed by atoms with Crippen LogP contribution in [0.3, 0.4) is 0 Å². The van der Waals surface area contributed by atoms with E-state index in [1.54, 1.807) is 0 Å². The minimum atomic E-state index is 0.843. The molecule has 10 aromatic carbocycles. The van der Waals surface area contributed by atoms with Crippen LogP contribution in [0.25, 0.3) is 98.8 Å². The Hall–Kier alpha value is -7.88. The summed E-state index contributed by atoms with van der Waals surface area (Å²) in [5, 5.41) is 9.46. The maximum Gasteiger partial charge on any atom is 0.159 e. The molecule has 59 heavy (non-hydrogen) atoms. The van der Waals surface area contributed by atoms with E-state index in [0.717, 1.165) is 88.8 Å². The number of anilines is 3. The van der Waals surface area contributed by atoms with Gasteiger partial charge in [-0.1, -0.05) is 158 Å². The van der Waals surface area contributed by atoms with Gasteiger partial charge in [-0.15, -0.1) is 0 Å². The smallest absolute Gasteiger partial charge is 0.159 e. The molecule has 12 aromatic rings. The molecule has 0 N–H and O–H groups in total. The SMILES string of the molecule is c1ccc(-c2cccc3c2oc2c(N(c4ccc(-c5ccc6c(c5)oc5ccccc56)cc4)c4ccc(-c5ccc6ccc7ccccc7c6c5)cc4)cccc23)cc1. The molecule has 0 radical (unpaired) electrons. The maximum atomic E-state index is 6.97. The molecule has 12 rings (SSSR count). The molecule has 3 heteroatoms. The zero-order valence-corrected chi connectivity index (χ0v) is 32.0. The van der Waals surface area contributed by atoms with E-state index in [0.29, 0.717) is 0 Å². The first-order valence-corrected chi connectivity index (χ1v) is 20.1. The Labute approximate surface area is 340 Å². The van der Waals surface area contributed by atoms with Gasteiger partial charge in [0.2, 0.25) is 0 Å². The predicted octanol–water partition coefficient (Wildman–Crippen LogP) is 16.3. The average Bonchev–Trinajstić information content (AvgIpc) is 3.88. The van der Waals surface area contributed by atoms with Crippen LogP contribution in [0.1, 0.15) is 0 Å². The van der Waals surface area contributed by atoms with Crippen molar-refractivity contribution in [3.8, 4) is 33.4 Å². The second-order valence-corrected chi connectivity index (χ2v) is 15.3. The van der Waals surface area contributed by atoms with Crippen LogP contribution in [0.4, 0.5) is 17.1 Å². The van der Waals surface area contributed by atoms with Gasteiger partial charge in [-0.05, 0) is 104 Å². The van der Waals surface area contributed by atoms with Crippen LogP contribution in [0, 0.1) is 0 Å². The molecule has 0 saturated heterocycles. The summed E-state index contributed by atoms with van der Waals surface area (Å²) >= 11 is 0. The largest absolute Gasteiger partial charge is 0.456 e. The van der Waals surface area contributed by atoms with Crippen LogP contribution in [-0.4, -0.2) is 0 Å². The number of nitrogens with zero attached hydrogens (tertiary/aromatic N) is 1. The summed E-state index contributed by atoms with van der Waals surface area (Å²) in [7, 11) is 0. The van der Waals surface area contributed by atoms with Crippen LogP contribution >= 0.6 is 0 Å². The van der Waals surface area contributed by atoms with Crippen molar-refractivity contribution in [2.24, 2.45) is 0 Å². The van der Waals surface area contributed by atoms with E-state index in [-0.39, 0.29) is 0 Å². The van der Waals surface area contributed by atoms with Crippen LogP contribution in [-0.2, 0) is 0 Å². The lowest BCUT2D eigenvalue weighted by molar-refractivity contribution is 0.669. The van der Waals surface area contributed by atoms with E-state index in [2.05, 4.69) is 199 Å². The highest BCUT2D eigenvalue weighted by molar-refractivity contribution is 6.14. The summed E-state index contributed by atoms with van der Waals surface area (Å²) in [5.41, 5.74) is 13.3. The number of hydrogen-bond donors (Lipinski definition) is 0. The van der Waals surface area contributed by atoms with E-state index < -0.39 is 0 Å². The van der Waals surface area contributed by atoms with Crippen LogP contribution in [0.5, 0.6) is 0 Å². The number of benzene rings is 10. The van der Waals surface area contributed by atoms with Gasteiger partial charge in [0.05, 0.1) is 5.69 Å². The van der Waals surface area contributed by atoms with Crippen molar-refractivity contribution < 1.29 is 8.83 Å². The zero-order valence-electron chi connectivity index (χ0n) is 32.0. The Balaban J connectivity index is 0.992. The van der Waals surface area contributed by atoms with Gasteiger partial charge in [-0.3, -0.25) is 0 Å². The highest BCUT2D eigenvalue weighted by Crippen LogP contribution is 2.45. The van der Waals surface area contributed by atoms with Crippen LogP contribution < -0.4 is 4.90 Å². The van der Waals surface area contributed by atoms with Crippen LogP contribution in [0.2, 0.25) is 0 Å². The molecule has 2 heterocycles. The number of rotatable bonds is 6. The van der Waals surface area contributed by atoms with Gasteiger partial charge < -0.3 is 13.7 Å². The Morgan fingerprint density at radius 1 is 0.288 bits per heavy atom. The van der Waals surface area contributed by atoms with E-state index in [9.17, 15) is 0 Å². The standard InChI is InChI=1S/C56H35NO2/c1-2-10-38(11-3-1)46-15-8-16-49-50-17-9-18-52(56(50)59-55(46)49)57(44-31-26-37(27-32-44)42-28-33-48-47-14-6-7-19-53(47)58-54(48)35-42)43-29-24-36(25-30-43)41-23-22-40-21-20-39-12-4-5-13-45(39)51(40)34-41/h1-35H. The summed E-state index contributed by atoms with van der Waals surface area (Å²) in [6, 6.07) is 75.7. The molecule has 0 bridgehead atoms. The lowest BCUT2D eigenvalue weighted by atomic mass is 9.97. The van der Waals surface area contributed by atoms with Gasteiger partial charge >= 0.3 is 0 Å². The first-order valence-electron chi connectivity index (χ1n) is 20.1. The third-order valence-electron chi connectivity index (χ3n) is 11.9. The highest BCUT2D eigenvalue weighted by Gasteiger charge is 2.21. The monoisotopic (exact) mass is 753 g/mol. The molecule has 2 aromatic heterocycles. The highest BCUT2D eigenvalue weighted by atomic mass is 16.3. The number of furan rings is 2. The molecule has 0 unspecified atom stereocenters. The molecule has 0 aliphatic heterocycles. The maximum absolute atomic E-state index is 6.97. The topological polar surface area (TPSA) is 29.5 Å². The average molecular weight is 754 g/mol. The van der Waals surface area contributed by atoms with Gasteiger partial charge in [0.25, 0.3) is 0 Å². The van der Waals surface area contributed by atoms with Gasteiger partial charge in [0, 0.05) is 38.5 Å². The third kappa shape index (κ3) is 5.51. The lowest BCUT2D eigenvalue weighted by Crippen LogP contribution is -2.10. The second-order valence-electron chi connectivity index (χ2n) is 15.3. The first kappa shape index (κ1) is 33.3. The lowest BCUT2D eigenvalue weighted by Gasteiger charge is -2.26. The fourth-order valence-electron chi connectivity index (χ4n) is 8.95. The number of fused-ring (bicyclic) bond motifs is 9. The van der Waals surface area contributed by atoms with Crippen molar-refractivity contribution in [2.75, 3.05) is 4.90 Å².